The number of aryl methyl sites for hydroxylation is 1. The standard InChI is InChI=1S/C12H15ClN4O/c1-4-5-6-14-10-9(2)16-12(13)17-11(10)15-7-8-18-3/h6H,7-8H2,1-3H3,(H,15,16,17)/b14-6-. The molecule has 1 aromatic rings. The maximum atomic E-state index is 5.82. The first kappa shape index (κ1) is 14.4. The molecule has 5 nitrogen and oxygen atoms in total. The van der Waals surface area contributed by atoms with Crippen LogP contribution in [-0.2, 0) is 4.74 Å². The maximum absolute atomic E-state index is 5.82. The quantitative estimate of drug-likeness (QED) is 0.384. The molecule has 0 amide bonds. The first-order chi connectivity index (χ1) is 8.69. The molecule has 0 aliphatic carbocycles. The van der Waals surface area contributed by atoms with Crippen molar-refractivity contribution < 1.29 is 4.74 Å². The highest BCUT2D eigenvalue weighted by molar-refractivity contribution is 6.28. The summed E-state index contributed by atoms with van der Waals surface area (Å²) in [6, 6.07) is 0. The molecule has 1 N–H and O–H groups in total. The lowest BCUT2D eigenvalue weighted by Gasteiger charge is -2.09. The molecular formula is C12H15ClN4O. The van der Waals surface area contributed by atoms with Crippen LogP contribution in [0.3, 0.4) is 0 Å². The van der Waals surface area contributed by atoms with Gasteiger partial charge < -0.3 is 10.1 Å². The van der Waals surface area contributed by atoms with Gasteiger partial charge in [0.15, 0.2) is 5.82 Å². The van der Waals surface area contributed by atoms with Gasteiger partial charge in [-0.25, -0.2) is 9.98 Å². The van der Waals surface area contributed by atoms with Crippen LogP contribution in [0.15, 0.2) is 4.99 Å². The second kappa shape index (κ2) is 7.64. The Hall–Kier alpha value is -1.64. The third-order valence-electron chi connectivity index (χ3n) is 2.03. The normalized spacial score (nSPS) is 10.2. The SMILES string of the molecule is CC#C/C=N\c1c(C)nc(Cl)nc1NCCOC. The zero-order valence-corrected chi connectivity index (χ0v) is 11.4. The van der Waals surface area contributed by atoms with Crippen LogP contribution in [0.1, 0.15) is 12.6 Å². The highest BCUT2D eigenvalue weighted by atomic mass is 35.5. The number of methoxy groups -OCH3 is 1. The fraction of sp³-hybridized carbons (Fsp3) is 0.417. The molecule has 1 heterocycles. The van der Waals surface area contributed by atoms with Gasteiger partial charge in [-0.1, -0.05) is 5.92 Å². The second-order valence-electron chi connectivity index (χ2n) is 3.35. The van der Waals surface area contributed by atoms with E-state index in [0.29, 0.717) is 30.4 Å². The minimum Gasteiger partial charge on any atom is -0.383 e. The van der Waals surface area contributed by atoms with Gasteiger partial charge in [0.25, 0.3) is 0 Å². The van der Waals surface area contributed by atoms with Crippen molar-refractivity contribution in [2.24, 2.45) is 4.99 Å². The van der Waals surface area contributed by atoms with Crippen LogP contribution in [0.25, 0.3) is 0 Å². The van der Waals surface area contributed by atoms with Crippen LogP contribution >= 0.6 is 11.6 Å². The summed E-state index contributed by atoms with van der Waals surface area (Å²) in [7, 11) is 1.63. The first-order valence-corrected chi connectivity index (χ1v) is 5.78. The van der Waals surface area contributed by atoms with Gasteiger partial charge in [0.2, 0.25) is 5.28 Å². The van der Waals surface area contributed by atoms with E-state index in [1.54, 1.807) is 14.0 Å². The largest absolute Gasteiger partial charge is 0.383 e. The zero-order valence-electron chi connectivity index (χ0n) is 10.6. The molecule has 0 aliphatic rings. The fourth-order valence-corrected chi connectivity index (χ4v) is 1.45. The number of anilines is 1. The third-order valence-corrected chi connectivity index (χ3v) is 2.20. The minimum absolute atomic E-state index is 0.188. The maximum Gasteiger partial charge on any atom is 0.224 e. The van der Waals surface area contributed by atoms with Gasteiger partial charge in [0, 0.05) is 13.7 Å². The first-order valence-electron chi connectivity index (χ1n) is 5.40. The molecule has 1 rings (SSSR count). The molecule has 0 aliphatic heterocycles. The second-order valence-corrected chi connectivity index (χ2v) is 3.69. The number of aliphatic imine (C=N–C) groups is 1. The van der Waals surface area contributed by atoms with E-state index in [4.69, 9.17) is 16.3 Å². The predicted octanol–water partition coefficient (Wildman–Crippen LogP) is 2.22. The van der Waals surface area contributed by atoms with Crippen LogP contribution in [0, 0.1) is 18.8 Å². The molecule has 96 valence electrons. The van der Waals surface area contributed by atoms with Crippen molar-refractivity contribution in [2.45, 2.75) is 13.8 Å². The van der Waals surface area contributed by atoms with Gasteiger partial charge in [-0.2, -0.15) is 4.98 Å². The number of ether oxygens (including phenoxy) is 1. The Kier molecular flexibility index (Phi) is 6.12. The van der Waals surface area contributed by atoms with Crippen LogP contribution < -0.4 is 5.32 Å². The van der Waals surface area contributed by atoms with E-state index in [0.717, 1.165) is 0 Å². The molecule has 0 radical (unpaired) electrons. The molecule has 18 heavy (non-hydrogen) atoms. The number of rotatable bonds is 5. The Morgan fingerprint density at radius 2 is 2.28 bits per heavy atom. The van der Waals surface area contributed by atoms with E-state index in [2.05, 4.69) is 32.1 Å². The Balaban J connectivity index is 2.99. The van der Waals surface area contributed by atoms with E-state index in [1.165, 1.54) is 6.21 Å². The molecule has 0 unspecified atom stereocenters. The van der Waals surface area contributed by atoms with Gasteiger partial charge in [-0.15, -0.1) is 5.92 Å². The highest BCUT2D eigenvalue weighted by Crippen LogP contribution is 2.26. The van der Waals surface area contributed by atoms with Crippen molar-refractivity contribution in [3.05, 3.63) is 11.0 Å². The summed E-state index contributed by atoms with van der Waals surface area (Å²) in [6.45, 7) is 4.75. The van der Waals surface area contributed by atoms with Gasteiger partial charge >= 0.3 is 0 Å². The Labute approximate surface area is 112 Å². The van der Waals surface area contributed by atoms with Crippen LogP contribution in [0.5, 0.6) is 0 Å². The highest BCUT2D eigenvalue weighted by Gasteiger charge is 2.09. The smallest absolute Gasteiger partial charge is 0.224 e. The lowest BCUT2D eigenvalue weighted by atomic mass is 10.3. The van der Waals surface area contributed by atoms with Crippen LogP contribution in [0.4, 0.5) is 11.5 Å². The molecule has 0 saturated carbocycles. The number of hydrogen-bond donors (Lipinski definition) is 1. The lowest BCUT2D eigenvalue weighted by Crippen LogP contribution is -2.10. The van der Waals surface area contributed by atoms with Crippen molar-refractivity contribution in [3.63, 3.8) is 0 Å². The summed E-state index contributed by atoms with van der Waals surface area (Å²) in [5.41, 5.74) is 1.34. The average Bonchev–Trinajstić information content (AvgIpc) is 2.32. The van der Waals surface area contributed by atoms with Crippen molar-refractivity contribution in [2.75, 3.05) is 25.6 Å². The van der Waals surface area contributed by atoms with Crippen molar-refractivity contribution in [3.8, 4) is 11.8 Å². The minimum atomic E-state index is 0.188. The average molecular weight is 267 g/mol. The monoisotopic (exact) mass is 266 g/mol. The Bertz CT molecular complexity index is 491. The summed E-state index contributed by atoms with van der Waals surface area (Å²) >= 11 is 5.82. The van der Waals surface area contributed by atoms with E-state index in [-0.39, 0.29) is 5.28 Å². The molecule has 0 aromatic carbocycles. The van der Waals surface area contributed by atoms with Gasteiger partial charge in [-0.05, 0) is 25.4 Å². The van der Waals surface area contributed by atoms with E-state index in [9.17, 15) is 0 Å². The third kappa shape index (κ3) is 4.32. The summed E-state index contributed by atoms with van der Waals surface area (Å²) in [5.74, 6) is 6.07. The number of hydrogen-bond acceptors (Lipinski definition) is 5. The molecule has 6 heteroatoms. The topological polar surface area (TPSA) is 59.4 Å². The van der Waals surface area contributed by atoms with Crippen LogP contribution in [-0.4, -0.2) is 36.4 Å². The van der Waals surface area contributed by atoms with E-state index in [1.807, 2.05) is 6.92 Å². The fourth-order valence-electron chi connectivity index (χ4n) is 1.24. The molecular weight excluding hydrogens is 252 g/mol. The molecule has 0 fully saturated rings. The molecule has 0 saturated heterocycles. The Morgan fingerprint density at radius 3 is 2.94 bits per heavy atom. The van der Waals surface area contributed by atoms with Crippen LogP contribution in [0.2, 0.25) is 5.28 Å². The van der Waals surface area contributed by atoms with Gasteiger partial charge in [-0.3, -0.25) is 0 Å². The van der Waals surface area contributed by atoms with Crippen molar-refractivity contribution in [1.82, 2.24) is 9.97 Å². The number of halogens is 1. The summed E-state index contributed by atoms with van der Waals surface area (Å²) in [4.78, 5) is 12.4. The van der Waals surface area contributed by atoms with Gasteiger partial charge in [0.05, 0.1) is 18.5 Å². The number of nitrogens with one attached hydrogen (secondary N) is 1. The lowest BCUT2D eigenvalue weighted by molar-refractivity contribution is 0.210. The van der Waals surface area contributed by atoms with Crippen molar-refractivity contribution >= 4 is 29.3 Å². The molecule has 0 spiro atoms. The summed E-state index contributed by atoms with van der Waals surface area (Å²) in [6.07, 6.45) is 1.51. The summed E-state index contributed by atoms with van der Waals surface area (Å²) < 4.78 is 4.96. The number of aromatic nitrogens is 2. The van der Waals surface area contributed by atoms with Gasteiger partial charge in [0.1, 0.15) is 5.69 Å². The molecule has 0 bridgehead atoms. The van der Waals surface area contributed by atoms with E-state index >= 15 is 0 Å². The van der Waals surface area contributed by atoms with E-state index < -0.39 is 0 Å². The Morgan fingerprint density at radius 1 is 1.50 bits per heavy atom. The molecule has 1 aromatic heterocycles. The number of nitrogens with zero attached hydrogens (tertiary/aromatic N) is 3. The summed E-state index contributed by atoms with van der Waals surface area (Å²) in [5, 5.41) is 3.29. The zero-order chi connectivity index (χ0) is 13.4. The van der Waals surface area contributed by atoms with Crippen molar-refractivity contribution in [1.29, 1.82) is 0 Å². The molecule has 0 atom stereocenters. The predicted molar refractivity (Wildman–Crippen MR) is 73.7 cm³/mol.